The van der Waals surface area contributed by atoms with Gasteiger partial charge in [0.05, 0.1) is 0 Å². The third-order valence-corrected chi connectivity index (χ3v) is 3.60. The van der Waals surface area contributed by atoms with Crippen LogP contribution in [-0.2, 0) is 0 Å². The lowest BCUT2D eigenvalue weighted by Crippen LogP contribution is -2.53. The molecule has 0 saturated carbocycles. The molecule has 0 amide bonds. The van der Waals surface area contributed by atoms with Crippen molar-refractivity contribution in [2.24, 2.45) is 0 Å². The van der Waals surface area contributed by atoms with Crippen LogP contribution in [0.5, 0.6) is 0 Å². The van der Waals surface area contributed by atoms with Crippen molar-refractivity contribution in [3.63, 3.8) is 0 Å². The molecule has 1 saturated heterocycles. The average Bonchev–Trinajstić information content (AvgIpc) is 2.22. The molecule has 1 aliphatic heterocycles. The topological polar surface area (TPSA) is 18.5 Å². The Hall–Kier alpha value is -0.120. The van der Waals surface area contributed by atoms with Gasteiger partial charge in [-0.3, -0.25) is 4.90 Å². The van der Waals surface area contributed by atoms with Crippen LogP contribution in [0, 0.1) is 0 Å². The zero-order chi connectivity index (χ0) is 11.3. The minimum absolute atomic E-state index is 0.709. The summed E-state index contributed by atoms with van der Waals surface area (Å²) in [7, 11) is 2.23. The molecule has 2 unspecified atom stereocenters. The average molecular weight is 213 g/mol. The van der Waals surface area contributed by atoms with Crippen LogP contribution >= 0.6 is 0 Å². The molecule has 1 heterocycles. The Bertz CT molecular complexity index is 172. The fourth-order valence-corrected chi connectivity index (χ4v) is 2.15. The zero-order valence-electron chi connectivity index (χ0n) is 10.8. The summed E-state index contributed by atoms with van der Waals surface area (Å²) in [5.74, 6) is 0. The molecule has 0 aromatic rings. The molecule has 3 heteroatoms. The van der Waals surface area contributed by atoms with Gasteiger partial charge in [-0.2, -0.15) is 0 Å². The van der Waals surface area contributed by atoms with E-state index in [-0.39, 0.29) is 0 Å². The van der Waals surface area contributed by atoms with Crippen molar-refractivity contribution in [1.29, 1.82) is 0 Å². The van der Waals surface area contributed by atoms with Gasteiger partial charge < -0.3 is 10.2 Å². The van der Waals surface area contributed by atoms with Crippen LogP contribution in [0.25, 0.3) is 0 Å². The number of nitrogens with zero attached hydrogens (tertiary/aromatic N) is 2. The van der Waals surface area contributed by atoms with E-state index in [9.17, 15) is 0 Å². The first-order chi connectivity index (χ1) is 7.15. The van der Waals surface area contributed by atoms with Crippen LogP contribution in [0.4, 0.5) is 0 Å². The van der Waals surface area contributed by atoms with Gasteiger partial charge in [-0.1, -0.05) is 6.92 Å². The Labute approximate surface area is 94.8 Å². The summed E-state index contributed by atoms with van der Waals surface area (Å²) < 4.78 is 0. The van der Waals surface area contributed by atoms with Crippen molar-refractivity contribution in [3.8, 4) is 0 Å². The van der Waals surface area contributed by atoms with Crippen molar-refractivity contribution < 1.29 is 0 Å². The van der Waals surface area contributed by atoms with Crippen LogP contribution in [0.15, 0.2) is 0 Å². The summed E-state index contributed by atoms with van der Waals surface area (Å²) in [5.41, 5.74) is 0. The SMILES string of the molecule is CCNCCC(C)N1CCN(C)C(C)C1. The second-order valence-corrected chi connectivity index (χ2v) is 4.82. The molecular weight excluding hydrogens is 186 g/mol. The third kappa shape index (κ3) is 4.09. The summed E-state index contributed by atoms with van der Waals surface area (Å²) in [6.07, 6.45) is 1.27. The Morgan fingerprint density at radius 1 is 1.40 bits per heavy atom. The Kier molecular flexibility index (Phi) is 5.58. The molecule has 1 aliphatic rings. The van der Waals surface area contributed by atoms with E-state index in [0.717, 1.165) is 19.1 Å². The lowest BCUT2D eigenvalue weighted by atomic mass is 10.1. The van der Waals surface area contributed by atoms with Gasteiger partial charge in [-0.05, 0) is 40.4 Å². The highest BCUT2D eigenvalue weighted by Crippen LogP contribution is 2.11. The van der Waals surface area contributed by atoms with Crippen molar-refractivity contribution in [1.82, 2.24) is 15.1 Å². The van der Waals surface area contributed by atoms with Gasteiger partial charge in [-0.15, -0.1) is 0 Å². The minimum Gasteiger partial charge on any atom is -0.317 e. The fraction of sp³-hybridized carbons (Fsp3) is 1.00. The second-order valence-electron chi connectivity index (χ2n) is 4.82. The van der Waals surface area contributed by atoms with E-state index < -0.39 is 0 Å². The monoisotopic (exact) mass is 213 g/mol. The van der Waals surface area contributed by atoms with E-state index in [4.69, 9.17) is 0 Å². The molecule has 15 heavy (non-hydrogen) atoms. The summed E-state index contributed by atoms with van der Waals surface area (Å²) in [5, 5.41) is 3.40. The molecule has 3 nitrogen and oxygen atoms in total. The number of nitrogens with one attached hydrogen (secondary N) is 1. The number of hydrogen-bond acceptors (Lipinski definition) is 3. The van der Waals surface area contributed by atoms with Crippen molar-refractivity contribution in [2.45, 2.75) is 39.3 Å². The molecule has 2 atom stereocenters. The maximum atomic E-state index is 3.40. The Balaban J connectivity index is 2.24. The number of piperazine rings is 1. The van der Waals surface area contributed by atoms with E-state index in [0.29, 0.717) is 6.04 Å². The summed E-state index contributed by atoms with van der Waals surface area (Å²) in [4.78, 5) is 5.08. The number of likely N-dealkylation sites (N-methyl/N-ethyl adjacent to an activating group) is 1. The summed E-state index contributed by atoms with van der Waals surface area (Å²) in [6, 6.07) is 1.43. The Morgan fingerprint density at radius 3 is 2.73 bits per heavy atom. The maximum Gasteiger partial charge on any atom is 0.0192 e. The smallest absolute Gasteiger partial charge is 0.0192 e. The summed E-state index contributed by atoms with van der Waals surface area (Å²) >= 11 is 0. The van der Waals surface area contributed by atoms with Crippen molar-refractivity contribution in [2.75, 3.05) is 39.8 Å². The molecule has 1 N–H and O–H groups in total. The largest absolute Gasteiger partial charge is 0.317 e. The van der Waals surface area contributed by atoms with Gasteiger partial charge in [0.25, 0.3) is 0 Å². The number of hydrogen-bond donors (Lipinski definition) is 1. The molecule has 0 aliphatic carbocycles. The van der Waals surface area contributed by atoms with Gasteiger partial charge in [0.1, 0.15) is 0 Å². The first kappa shape index (κ1) is 12.9. The lowest BCUT2D eigenvalue weighted by Gasteiger charge is -2.40. The van der Waals surface area contributed by atoms with Gasteiger partial charge in [0.2, 0.25) is 0 Å². The molecule has 0 spiro atoms. The van der Waals surface area contributed by atoms with E-state index in [2.05, 4.69) is 42.9 Å². The van der Waals surface area contributed by atoms with Crippen LogP contribution in [0.3, 0.4) is 0 Å². The van der Waals surface area contributed by atoms with Gasteiger partial charge in [0, 0.05) is 31.7 Å². The van der Waals surface area contributed by atoms with Crippen LogP contribution in [0.1, 0.15) is 27.2 Å². The van der Waals surface area contributed by atoms with Crippen molar-refractivity contribution in [3.05, 3.63) is 0 Å². The molecular formula is C12H27N3. The second kappa shape index (κ2) is 6.46. The summed E-state index contributed by atoms with van der Waals surface area (Å²) in [6.45, 7) is 12.8. The molecule has 1 fully saturated rings. The van der Waals surface area contributed by atoms with E-state index in [1.807, 2.05) is 0 Å². The quantitative estimate of drug-likeness (QED) is 0.688. The van der Waals surface area contributed by atoms with E-state index >= 15 is 0 Å². The highest BCUT2D eigenvalue weighted by atomic mass is 15.3. The number of rotatable bonds is 5. The molecule has 0 aromatic carbocycles. The van der Waals surface area contributed by atoms with Crippen LogP contribution in [0.2, 0.25) is 0 Å². The minimum atomic E-state index is 0.709. The first-order valence-electron chi connectivity index (χ1n) is 6.30. The molecule has 90 valence electrons. The van der Waals surface area contributed by atoms with E-state index in [1.165, 1.54) is 26.1 Å². The van der Waals surface area contributed by atoms with Gasteiger partial charge in [-0.25, -0.2) is 0 Å². The van der Waals surface area contributed by atoms with Gasteiger partial charge in [0.15, 0.2) is 0 Å². The molecule has 0 bridgehead atoms. The predicted molar refractivity (Wildman–Crippen MR) is 66.3 cm³/mol. The zero-order valence-corrected chi connectivity index (χ0v) is 10.8. The molecule has 1 rings (SSSR count). The van der Waals surface area contributed by atoms with E-state index in [1.54, 1.807) is 0 Å². The van der Waals surface area contributed by atoms with Crippen LogP contribution in [-0.4, -0.2) is 61.7 Å². The Morgan fingerprint density at radius 2 is 2.13 bits per heavy atom. The van der Waals surface area contributed by atoms with Gasteiger partial charge >= 0.3 is 0 Å². The predicted octanol–water partition coefficient (Wildman–Crippen LogP) is 1.01. The molecule has 0 aromatic heterocycles. The third-order valence-electron chi connectivity index (χ3n) is 3.60. The highest BCUT2D eigenvalue weighted by molar-refractivity contribution is 4.80. The first-order valence-corrected chi connectivity index (χ1v) is 6.30. The normalized spacial score (nSPS) is 26.8. The fourth-order valence-electron chi connectivity index (χ4n) is 2.15. The lowest BCUT2D eigenvalue weighted by molar-refractivity contribution is 0.0748. The maximum absolute atomic E-state index is 3.40. The van der Waals surface area contributed by atoms with Crippen LogP contribution < -0.4 is 5.32 Å². The standard InChI is InChI=1S/C12H27N3/c1-5-13-7-6-11(2)15-9-8-14(4)12(3)10-15/h11-13H,5-10H2,1-4H3. The highest BCUT2D eigenvalue weighted by Gasteiger charge is 2.23. The van der Waals surface area contributed by atoms with Crippen molar-refractivity contribution >= 4 is 0 Å². The molecule has 0 radical (unpaired) electrons.